The predicted molar refractivity (Wildman–Crippen MR) is 133 cm³/mol. The van der Waals surface area contributed by atoms with Gasteiger partial charge in [0, 0.05) is 28.5 Å². The number of hydrogen-bond acceptors (Lipinski definition) is 9. The summed E-state index contributed by atoms with van der Waals surface area (Å²) >= 11 is 10.5. The summed E-state index contributed by atoms with van der Waals surface area (Å²) in [6, 6.07) is 11.9. The van der Waals surface area contributed by atoms with Crippen LogP contribution in [0.3, 0.4) is 0 Å². The van der Waals surface area contributed by atoms with Gasteiger partial charge in [-0.1, -0.05) is 46.8 Å². The van der Waals surface area contributed by atoms with Crippen molar-refractivity contribution in [1.82, 2.24) is 10.2 Å². The molecule has 33 heavy (non-hydrogen) atoms. The minimum atomic E-state index is -0.424. The zero-order chi connectivity index (χ0) is 22.9. The molecule has 0 fully saturated rings. The number of aromatic nitrogens is 2. The maximum Gasteiger partial charge on any atom is 0.219 e. The maximum atomic E-state index is 13.1. The third kappa shape index (κ3) is 4.20. The molecule has 1 unspecified atom stereocenters. The number of thiophene rings is 1. The first-order valence-corrected chi connectivity index (χ1v) is 13.4. The topological polar surface area (TPSA) is 95.9 Å². The number of nitriles is 1. The van der Waals surface area contributed by atoms with Gasteiger partial charge in [-0.3, -0.25) is 9.69 Å². The van der Waals surface area contributed by atoms with Crippen molar-refractivity contribution in [1.29, 1.82) is 5.26 Å². The quantitative estimate of drug-likeness (QED) is 0.429. The molecule has 0 saturated carbocycles. The molecular weight excluding hydrogens is 494 g/mol. The maximum absolute atomic E-state index is 13.1. The van der Waals surface area contributed by atoms with E-state index in [4.69, 9.17) is 17.3 Å². The third-order valence-electron chi connectivity index (χ3n) is 5.65. The molecule has 2 aromatic heterocycles. The number of hydrogen-bond donors (Lipinski definition) is 1. The molecule has 0 amide bonds. The van der Waals surface area contributed by atoms with E-state index in [-0.39, 0.29) is 5.78 Å². The molecule has 1 aliphatic carbocycles. The number of thioether (sulfide) groups is 1. The summed E-state index contributed by atoms with van der Waals surface area (Å²) in [5.41, 5.74) is 10.5. The number of carbonyl (C=O) groups excluding carboxylic acids is 1. The Balaban J connectivity index is 1.50. The van der Waals surface area contributed by atoms with Crippen molar-refractivity contribution in [3.05, 3.63) is 79.9 Å². The van der Waals surface area contributed by atoms with Gasteiger partial charge in [0.25, 0.3) is 0 Å². The average molecular weight is 512 g/mol. The number of Topliss-reactive ketones (excluding diaryl/α,β-unsaturated/α-hetero) is 1. The van der Waals surface area contributed by atoms with E-state index in [2.05, 4.69) is 16.3 Å². The molecule has 10 heteroatoms. The average Bonchev–Trinajstić information content (AvgIpc) is 3.51. The lowest BCUT2D eigenvalue weighted by Gasteiger charge is -2.37. The summed E-state index contributed by atoms with van der Waals surface area (Å²) in [5.74, 6) is 0.701. The first-order valence-electron chi connectivity index (χ1n) is 10.3. The highest BCUT2D eigenvalue weighted by atomic mass is 35.5. The van der Waals surface area contributed by atoms with Crippen LogP contribution in [0.2, 0.25) is 5.02 Å². The normalized spacial score (nSPS) is 18.5. The molecule has 0 radical (unpaired) electrons. The molecule has 0 saturated heterocycles. The highest BCUT2D eigenvalue weighted by Crippen LogP contribution is 2.47. The van der Waals surface area contributed by atoms with Crippen molar-refractivity contribution < 1.29 is 4.79 Å². The van der Waals surface area contributed by atoms with Crippen LogP contribution < -0.4 is 10.6 Å². The van der Waals surface area contributed by atoms with Crippen LogP contribution in [-0.4, -0.2) is 16.0 Å². The summed E-state index contributed by atoms with van der Waals surface area (Å²) in [6.07, 6.45) is 1.93. The van der Waals surface area contributed by atoms with Crippen LogP contribution in [0.15, 0.2) is 68.1 Å². The van der Waals surface area contributed by atoms with Gasteiger partial charge in [0.2, 0.25) is 5.13 Å². The van der Waals surface area contributed by atoms with Gasteiger partial charge in [0.1, 0.15) is 5.82 Å². The van der Waals surface area contributed by atoms with Crippen LogP contribution in [0.4, 0.5) is 5.13 Å². The second-order valence-corrected chi connectivity index (χ2v) is 11.0. The number of nitrogens with two attached hydrogens (primary N) is 1. The molecule has 1 aromatic carbocycles. The summed E-state index contributed by atoms with van der Waals surface area (Å²) < 4.78 is 0.788. The van der Waals surface area contributed by atoms with Crippen molar-refractivity contribution in [2.24, 2.45) is 5.73 Å². The van der Waals surface area contributed by atoms with E-state index in [1.807, 2.05) is 41.1 Å². The Kier molecular flexibility index (Phi) is 6.25. The van der Waals surface area contributed by atoms with Gasteiger partial charge in [-0.25, -0.2) is 0 Å². The van der Waals surface area contributed by atoms with Crippen molar-refractivity contribution >= 4 is 57.0 Å². The number of benzene rings is 1. The second-order valence-electron chi connectivity index (χ2n) is 7.64. The van der Waals surface area contributed by atoms with Crippen molar-refractivity contribution in [2.75, 3.05) is 4.90 Å². The van der Waals surface area contributed by atoms with E-state index in [0.29, 0.717) is 40.0 Å². The molecule has 3 heterocycles. The molecule has 2 N–H and O–H groups in total. The van der Waals surface area contributed by atoms with E-state index in [1.54, 1.807) is 28.0 Å². The van der Waals surface area contributed by atoms with Gasteiger partial charge in [-0.2, -0.15) is 16.6 Å². The van der Waals surface area contributed by atoms with Gasteiger partial charge < -0.3 is 5.73 Å². The summed E-state index contributed by atoms with van der Waals surface area (Å²) in [5, 5.41) is 23.9. The lowest BCUT2D eigenvalue weighted by molar-refractivity contribution is -0.116. The van der Waals surface area contributed by atoms with Gasteiger partial charge >= 0.3 is 0 Å². The van der Waals surface area contributed by atoms with Crippen LogP contribution in [0.25, 0.3) is 0 Å². The van der Waals surface area contributed by atoms with Crippen molar-refractivity contribution in [2.45, 2.75) is 35.3 Å². The molecule has 2 aliphatic rings. The fourth-order valence-electron chi connectivity index (χ4n) is 4.15. The monoisotopic (exact) mass is 511 g/mol. The molecule has 1 aliphatic heterocycles. The fourth-order valence-corrected chi connectivity index (χ4v) is 6.80. The molecular formula is C23H18ClN5OS3. The van der Waals surface area contributed by atoms with Gasteiger partial charge in [0.05, 0.1) is 17.6 Å². The third-order valence-corrected chi connectivity index (χ3v) is 8.72. The van der Waals surface area contributed by atoms with Gasteiger partial charge in [-0.15, -0.1) is 10.2 Å². The Labute approximate surface area is 208 Å². The lowest BCUT2D eigenvalue weighted by Crippen LogP contribution is -2.38. The van der Waals surface area contributed by atoms with Crippen molar-refractivity contribution in [3.8, 4) is 6.07 Å². The Morgan fingerprint density at radius 2 is 2.06 bits per heavy atom. The van der Waals surface area contributed by atoms with Gasteiger partial charge in [0.15, 0.2) is 10.1 Å². The van der Waals surface area contributed by atoms with E-state index < -0.39 is 5.92 Å². The number of anilines is 1. The Morgan fingerprint density at radius 1 is 1.24 bits per heavy atom. The Hall–Kier alpha value is -2.64. The molecule has 0 spiro atoms. The number of rotatable bonds is 5. The number of carbonyl (C=O) groups is 1. The fraction of sp³-hybridized carbons (Fsp3) is 0.217. The Morgan fingerprint density at radius 3 is 2.79 bits per heavy atom. The van der Waals surface area contributed by atoms with Crippen LogP contribution in [0.1, 0.15) is 36.3 Å². The largest absolute Gasteiger partial charge is 0.384 e. The highest BCUT2D eigenvalue weighted by molar-refractivity contribution is 8.00. The zero-order valence-corrected chi connectivity index (χ0v) is 20.5. The highest BCUT2D eigenvalue weighted by Gasteiger charge is 2.41. The number of allylic oxidation sites excluding steroid dienone is 3. The zero-order valence-electron chi connectivity index (χ0n) is 17.3. The molecule has 3 aromatic rings. The summed E-state index contributed by atoms with van der Waals surface area (Å²) in [6.45, 7) is 0. The first kappa shape index (κ1) is 22.2. The minimum absolute atomic E-state index is 0.0690. The SMILES string of the molecule is N#CC1=C(N)N(c2nnc(SCc3ccc(Cl)cc3)s2)C2=C(C(=O)CCC2)C1c1ccsc1. The molecule has 5 rings (SSSR count). The second kappa shape index (κ2) is 9.31. The van der Waals surface area contributed by atoms with Crippen LogP contribution in [0, 0.1) is 11.3 Å². The predicted octanol–water partition coefficient (Wildman–Crippen LogP) is 5.85. The lowest BCUT2D eigenvalue weighted by atomic mass is 9.76. The molecule has 166 valence electrons. The van der Waals surface area contributed by atoms with E-state index >= 15 is 0 Å². The minimum Gasteiger partial charge on any atom is -0.384 e. The van der Waals surface area contributed by atoms with E-state index in [0.717, 1.165) is 33.3 Å². The number of nitrogens with zero attached hydrogens (tertiary/aromatic N) is 4. The van der Waals surface area contributed by atoms with Crippen molar-refractivity contribution in [3.63, 3.8) is 0 Å². The summed E-state index contributed by atoms with van der Waals surface area (Å²) in [4.78, 5) is 14.8. The number of halogens is 1. The van der Waals surface area contributed by atoms with Gasteiger partial charge in [-0.05, 0) is 52.9 Å². The van der Waals surface area contributed by atoms with Crippen LogP contribution in [-0.2, 0) is 10.5 Å². The molecule has 6 nitrogen and oxygen atoms in total. The van der Waals surface area contributed by atoms with Crippen LogP contribution in [0.5, 0.6) is 0 Å². The molecule has 1 atom stereocenters. The smallest absolute Gasteiger partial charge is 0.219 e. The Bertz CT molecular complexity index is 1300. The first-order chi connectivity index (χ1) is 16.1. The standard InChI is InChI=1S/C23H18ClN5OS3/c24-15-6-4-13(5-7-15)11-32-23-28-27-22(33-23)29-17-2-1-3-18(30)20(17)19(14-8-9-31-12-14)16(10-25)21(29)26/h4-9,12,19H,1-3,11,26H2. The number of ketones is 1. The van der Waals surface area contributed by atoms with Crippen LogP contribution >= 0.6 is 46.0 Å². The van der Waals surface area contributed by atoms with E-state index in [9.17, 15) is 10.1 Å². The summed E-state index contributed by atoms with van der Waals surface area (Å²) in [7, 11) is 0. The van der Waals surface area contributed by atoms with E-state index in [1.165, 1.54) is 11.3 Å². The molecule has 0 bridgehead atoms.